The van der Waals surface area contributed by atoms with E-state index in [-0.39, 0.29) is 11.9 Å². The van der Waals surface area contributed by atoms with Crippen LogP contribution in [0.5, 0.6) is 0 Å². The van der Waals surface area contributed by atoms with E-state index in [4.69, 9.17) is 0 Å². The summed E-state index contributed by atoms with van der Waals surface area (Å²) >= 11 is 0. The van der Waals surface area contributed by atoms with Gasteiger partial charge in [-0.3, -0.25) is 4.79 Å². The minimum Gasteiger partial charge on any atom is -0.354 e. The molecule has 3 rings (SSSR count). The number of hydrogen-bond donors (Lipinski definition) is 3. The van der Waals surface area contributed by atoms with Gasteiger partial charge in [0.2, 0.25) is 11.9 Å². The van der Waals surface area contributed by atoms with Gasteiger partial charge in [-0.2, -0.15) is 4.68 Å². The second-order valence-corrected chi connectivity index (χ2v) is 6.29. The Kier molecular flexibility index (Phi) is 5.95. The lowest BCUT2D eigenvalue weighted by Gasteiger charge is -2.18. The Morgan fingerprint density at radius 2 is 2.24 bits per heavy atom. The fourth-order valence-corrected chi connectivity index (χ4v) is 3.01. The number of para-hydroxylation sites is 1. The van der Waals surface area contributed by atoms with E-state index < -0.39 is 0 Å². The first-order valence-corrected chi connectivity index (χ1v) is 8.86. The van der Waals surface area contributed by atoms with E-state index in [9.17, 15) is 4.79 Å². The van der Waals surface area contributed by atoms with Crippen molar-refractivity contribution in [2.45, 2.75) is 32.2 Å². The van der Waals surface area contributed by atoms with Gasteiger partial charge in [0, 0.05) is 6.54 Å². The average molecular weight is 343 g/mol. The highest BCUT2D eigenvalue weighted by Gasteiger charge is 2.20. The Labute approximate surface area is 147 Å². The summed E-state index contributed by atoms with van der Waals surface area (Å²) in [5.41, 5.74) is 0.846. The number of carbonyl (C=O) groups is 1. The Morgan fingerprint density at radius 1 is 1.40 bits per heavy atom. The van der Waals surface area contributed by atoms with Crippen LogP contribution in [-0.2, 0) is 4.79 Å². The Balaban J connectivity index is 1.56. The smallest absolute Gasteiger partial charge is 0.248 e. The van der Waals surface area contributed by atoms with E-state index in [1.807, 2.05) is 37.3 Å². The zero-order valence-corrected chi connectivity index (χ0v) is 14.5. The molecule has 0 saturated carbocycles. The highest BCUT2D eigenvalue weighted by atomic mass is 16.2. The molecule has 1 aromatic heterocycles. The maximum absolute atomic E-state index is 12.5. The van der Waals surface area contributed by atoms with Crippen molar-refractivity contribution >= 4 is 11.9 Å². The summed E-state index contributed by atoms with van der Waals surface area (Å²) in [5, 5.41) is 21.3. The monoisotopic (exact) mass is 343 g/mol. The van der Waals surface area contributed by atoms with Crippen LogP contribution in [0.3, 0.4) is 0 Å². The molecule has 0 bridgehead atoms. The minimum absolute atomic E-state index is 0.0175. The molecular weight excluding hydrogens is 318 g/mol. The third-order valence-corrected chi connectivity index (χ3v) is 4.51. The van der Waals surface area contributed by atoms with Gasteiger partial charge in [-0.05, 0) is 60.8 Å². The van der Waals surface area contributed by atoms with E-state index in [2.05, 4.69) is 31.5 Å². The Bertz CT molecular complexity index is 667. The van der Waals surface area contributed by atoms with Crippen LogP contribution < -0.4 is 16.0 Å². The number of nitrogens with zero attached hydrogens (tertiary/aromatic N) is 4. The number of rotatable bonds is 8. The van der Waals surface area contributed by atoms with Gasteiger partial charge in [0.1, 0.15) is 6.04 Å². The van der Waals surface area contributed by atoms with Gasteiger partial charge >= 0.3 is 0 Å². The lowest BCUT2D eigenvalue weighted by atomic mass is 10.1. The van der Waals surface area contributed by atoms with E-state index in [0.717, 1.165) is 25.2 Å². The van der Waals surface area contributed by atoms with Gasteiger partial charge in [0.15, 0.2) is 0 Å². The topological polar surface area (TPSA) is 96.8 Å². The molecule has 1 aromatic carbocycles. The number of carbonyl (C=O) groups excluding carboxylic acids is 1. The molecule has 1 fully saturated rings. The molecule has 1 aliphatic heterocycles. The minimum atomic E-state index is -0.366. The molecule has 2 atom stereocenters. The lowest BCUT2D eigenvalue weighted by molar-refractivity contribution is -0.121. The van der Waals surface area contributed by atoms with E-state index in [1.54, 1.807) is 4.68 Å². The Morgan fingerprint density at radius 3 is 2.96 bits per heavy atom. The molecule has 134 valence electrons. The predicted molar refractivity (Wildman–Crippen MR) is 95.5 cm³/mol. The van der Waals surface area contributed by atoms with Gasteiger partial charge in [0.05, 0.1) is 5.69 Å². The summed E-state index contributed by atoms with van der Waals surface area (Å²) in [5.74, 6) is 1.11. The fraction of sp³-hybridized carbons (Fsp3) is 0.529. The maximum Gasteiger partial charge on any atom is 0.248 e. The van der Waals surface area contributed by atoms with Gasteiger partial charge in [0.25, 0.3) is 0 Å². The van der Waals surface area contributed by atoms with Crippen molar-refractivity contribution in [1.29, 1.82) is 0 Å². The predicted octanol–water partition coefficient (Wildman–Crippen LogP) is 0.969. The van der Waals surface area contributed by atoms with Crippen molar-refractivity contribution in [1.82, 2.24) is 30.8 Å². The van der Waals surface area contributed by atoms with Crippen LogP contribution in [0.25, 0.3) is 5.69 Å². The normalized spacial score (nSPS) is 18.0. The molecule has 2 unspecified atom stereocenters. The lowest BCUT2D eigenvalue weighted by Crippen LogP contribution is -2.40. The molecule has 8 heteroatoms. The second kappa shape index (κ2) is 8.57. The summed E-state index contributed by atoms with van der Waals surface area (Å²) in [7, 11) is 0. The zero-order chi connectivity index (χ0) is 17.5. The molecule has 3 N–H and O–H groups in total. The van der Waals surface area contributed by atoms with Crippen molar-refractivity contribution in [3.8, 4) is 5.69 Å². The van der Waals surface area contributed by atoms with Gasteiger partial charge in [-0.15, -0.1) is 0 Å². The summed E-state index contributed by atoms with van der Waals surface area (Å²) in [6.45, 7) is 4.80. The molecule has 0 aliphatic carbocycles. The number of amides is 1. The van der Waals surface area contributed by atoms with E-state index in [0.29, 0.717) is 24.8 Å². The number of anilines is 1. The van der Waals surface area contributed by atoms with Gasteiger partial charge < -0.3 is 16.0 Å². The molecule has 1 aliphatic rings. The zero-order valence-electron chi connectivity index (χ0n) is 14.5. The standard InChI is InChI=1S/C17H25N7O/c1-2-15(16(25)19-11-9-13-8-10-18-12-13)20-17-21-22-23-24(17)14-6-4-3-5-7-14/h3-7,13,15,18H,2,8-12H2,1H3,(H,19,25)(H,20,21,23). The number of nitrogens with one attached hydrogen (secondary N) is 3. The maximum atomic E-state index is 12.5. The van der Waals surface area contributed by atoms with Crippen LogP contribution in [0.1, 0.15) is 26.2 Å². The van der Waals surface area contributed by atoms with Crippen molar-refractivity contribution in [3.63, 3.8) is 0 Å². The number of benzene rings is 1. The molecular formula is C17H25N7O. The van der Waals surface area contributed by atoms with Crippen LogP contribution in [0.2, 0.25) is 0 Å². The van der Waals surface area contributed by atoms with Crippen molar-refractivity contribution in [2.24, 2.45) is 5.92 Å². The molecule has 1 amide bonds. The summed E-state index contributed by atoms with van der Waals surface area (Å²) in [6, 6.07) is 9.24. The van der Waals surface area contributed by atoms with Crippen LogP contribution in [0.15, 0.2) is 30.3 Å². The first-order valence-electron chi connectivity index (χ1n) is 8.86. The molecule has 1 saturated heterocycles. The van der Waals surface area contributed by atoms with Crippen LogP contribution in [0.4, 0.5) is 5.95 Å². The van der Waals surface area contributed by atoms with Crippen molar-refractivity contribution in [3.05, 3.63) is 30.3 Å². The Hall–Kier alpha value is -2.48. The first kappa shape index (κ1) is 17.3. The van der Waals surface area contributed by atoms with Crippen LogP contribution >= 0.6 is 0 Å². The van der Waals surface area contributed by atoms with Gasteiger partial charge in [-0.25, -0.2) is 0 Å². The highest BCUT2D eigenvalue weighted by molar-refractivity contribution is 5.84. The summed E-state index contributed by atoms with van der Waals surface area (Å²) in [4.78, 5) is 12.5. The largest absolute Gasteiger partial charge is 0.354 e. The summed E-state index contributed by atoms with van der Waals surface area (Å²) in [6.07, 6.45) is 2.85. The SMILES string of the molecule is CCC(Nc1nnnn1-c1ccccc1)C(=O)NCCC1CCNC1. The molecule has 2 aromatic rings. The number of aromatic nitrogens is 4. The molecule has 2 heterocycles. The van der Waals surface area contributed by atoms with Crippen LogP contribution in [0, 0.1) is 5.92 Å². The number of hydrogen-bond acceptors (Lipinski definition) is 6. The third-order valence-electron chi connectivity index (χ3n) is 4.51. The van der Waals surface area contributed by atoms with E-state index in [1.165, 1.54) is 6.42 Å². The molecule has 0 radical (unpaired) electrons. The van der Waals surface area contributed by atoms with Crippen molar-refractivity contribution < 1.29 is 4.79 Å². The molecule has 8 nitrogen and oxygen atoms in total. The van der Waals surface area contributed by atoms with Gasteiger partial charge in [-0.1, -0.05) is 30.2 Å². The average Bonchev–Trinajstić information content (AvgIpc) is 3.32. The number of tetrazole rings is 1. The molecule has 25 heavy (non-hydrogen) atoms. The van der Waals surface area contributed by atoms with Crippen LogP contribution in [-0.4, -0.2) is 51.8 Å². The highest BCUT2D eigenvalue weighted by Crippen LogP contribution is 2.13. The van der Waals surface area contributed by atoms with E-state index >= 15 is 0 Å². The quantitative estimate of drug-likeness (QED) is 0.661. The first-order chi connectivity index (χ1) is 12.3. The summed E-state index contributed by atoms with van der Waals surface area (Å²) < 4.78 is 1.60. The third kappa shape index (κ3) is 4.54. The second-order valence-electron chi connectivity index (χ2n) is 6.29. The van der Waals surface area contributed by atoms with Crippen molar-refractivity contribution in [2.75, 3.05) is 25.0 Å². The fourth-order valence-electron chi connectivity index (χ4n) is 3.01. The molecule has 0 spiro atoms.